The van der Waals surface area contributed by atoms with Crippen LogP contribution in [-0.4, -0.2) is 6.88 Å². The molecule has 1 aliphatic carbocycles. The quantitative estimate of drug-likeness (QED) is 0.203. The van der Waals surface area contributed by atoms with Crippen LogP contribution in [-0.2, 0) is 23.3 Å². The van der Waals surface area contributed by atoms with Crippen molar-refractivity contribution in [2.75, 3.05) is 0 Å². The summed E-state index contributed by atoms with van der Waals surface area (Å²) >= 11 is 1.36. The molecule has 3 aromatic carbocycles. The molecular formula is C26H30Cl2F2SiZr-4. The summed E-state index contributed by atoms with van der Waals surface area (Å²) in [5, 5.41) is 1.08. The van der Waals surface area contributed by atoms with Crippen molar-refractivity contribution in [2.24, 2.45) is 5.92 Å². The fourth-order valence-corrected chi connectivity index (χ4v) is 3.26. The van der Waals surface area contributed by atoms with E-state index >= 15 is 0 Å². The number of halogens is 4. The molecule has 3 aromatic rings. The van der Waals surface area contributed by atoms with Gasteiger partial charge in [-0.3, -0.25) is 10.5 Å². The molecule has 1 atom stereocenters. The van der Waals surface area contributed by atoms with Gasteiger partial charge in [0.15, 0.2) is 0 Å². The molecule has 0 saturated carbocycles. The molecule has 0 bridgehead atoms. The molecule has 1 unspecified atom stereocenters. The Bertz CT molecular complexity index is 1030. The summed E-state index contributed by atoms with van der Waals surface area (Å²) in [6.45, 7) is 11.7. The van der Waals surface area contributed by atoms with Gasteiger partial charge in [0.05, 0.1) is 0 Å². The molecule has 1 aliphatic rings. The summed E-state index contributed by atoms with van der Waals surface area (Å²) in [5.41, 5.74) is 6.07. The number of fused-ring (bicyclic) bond motifs is 1. The van der Waals surface area contributed by atoms with Crippen LogP contribution in [0.4, 0.5) is 8.78 Å². The zero-order valence-electron chi connectivity index (χ0n) is 19.3. The molecule has 6 heteroatoms. The van der Waals surface area contributed by atoms with Crippen molar-refractivity contribution in [1.29, 1.82) is 0 Å². The summed E-state index contributed by atoms with van der Waals surface area (Å²) in [6.07, 6.45) is 3.36. The number of hydrogen-bond donors (Lipinski definition) is 0. The van der Waals surface area contributed by atoms with Crippen LogP contribution in [0.15, 0.2) is 71.3 Å². The Morgan fingerprint density at radius 1 is 0.969 bits per heavy atom. The second kappa shape index (κ2) is 16.6. The van der Waals surface area contributed by atoms with Crippen molar-refractivity contribution in [3.05, 3.63) is 104 Å². The summed E-state index contributed by atoms with van der Waals surface area (Å²) in [4.78, 5) is 0. The zero-order valence-corrected chi connectivity index (χ0v) is 24.4. The minimum absolute atomic E-state index is 0. The van der Waals surface area contributed by atoms with Crippen LogP contribution in [0.5, 0.6) is 0 Å². The number of benzene rings is 2. The first kappa shape index (κ1) is 35.7. The Balaban J connectivity index is -0.000000490. The van der Waals surface area contributed by atoms with Crippen molar-refractivity contribution in [2.45, 2.75) is 27.7 Å². The van der Waals surface area contributed by atoms with Gasteiger partial charge in [0, 0.05) is 5.82 Å². The van der Waals surface area contributed by atoms with Crippen LogP contribution < -0.4 is 0 Å². The van der Waals surface area contributed by atoms with Gasteiger partial charge in [0.1, 0.15) is 5.82 Å². The molecule has 32 heavy (non-hydrogen) atoms. The van der Waals surface area contributed by atoms with E-state index in [1.54, 1.807) is 6.07 Å². The predicted molar refractivity (Wildman–Crippen MR) is 138 cm³/mol. The molecular weight excluding hydrogens is 540 g/mol. The first-order valence-electron chi connectivity index (χ1n) is 9.01. The van der Waals surface area contributed by atoms with Crippen molar-refractivity contribution >= 4 is 42.5 Å². The van der Waals surface area contributed by atoms with E-state index < -0.39 is 11.6 Å². The fraction of sp³-hybridized carbons (Fsp3) is 0.192. The van der Waals surface area contributed by atoms with Crippen molar-refractivity contribution in [1.82, 2.24) is 0 Å². The van der Waals surface area contributed by atoms with Crippen molar-refractivity contribution < 1.29 is 32.1 Å². The molecule has 0 aliphatic heterocycles. The standard InChI is InChI=1S/C15H9F2.C9H13.2CH3.2ClH.Si.Zr/c16-11-8-14-12(10-4-2-1-3-5-10)6-7-13(14)15(17)9-11;1-6-5-7(2)9(4)8(6)3;;;;;;/h1-9H;6H,1-4H3;2*1H3;2*1H;;/q4*-1;;;;. The van der Waals surface area contributed by atoms with Gasteiger partial charge < -0.3 is 14.9 Å². The maximum absolute atomic E-state index is 13.5. The molecule has 2 radical (unpaired) electrons. The molecule has 0 aromatic heterocycles. The first-order chi connectivity index (χ1) is 13.4. The van der Waals surface area contributed by atoms with Gasteiger partial charge in [-0.1, -0.05) is 68.7 Å². The summed E-state index contributed by atoms with van der Waals surface area (Å²) in [5.74, 6) is -0.495. The predicted octanol–water partition coefficient (Wildman–Crippen LogP) is 8.59. The first-order valence-corrected chi connectivity index (χ1v) is 13.2. The monoisotopic (exact) mass is 568 g/mol. The van der Waals surface area contributed by atoms with Gasteiger partial charge in [-0.15, -0.1) is 60.2 Å². The van der Waals surface area contributed by atoms with Crippen LogP contribution in [0.3, 0.4) is 0 Å². The Kier molecular flexibility index (Phi) is 18.5. The summed E-state index contributed by atoms with van der Waals surface area (Å²) < 4.78 is 26.8. The minimum atomic E-state index is -0.543. The van der Waals surface area contributed by atoms with E-state index in [0.29, 0.717) is 16.7 Å². The topological polar surface area (TPSA) is 0 Å². The van der Waals surface area contributed by atoms with Gasteiger partial charge in [-0.2, -0.15) is 11.1 Å². The molecule has 174 valence electrons. The molecule has 0 heterocycles. The molecule has 0 N–H and O–H groups in total. The Labute approximate surface area is 222 Å². The van der Waals surface area contributed by atoms with E-state index in [-0.39, 0.29) is 39.7 Å². The third kappa shape index (κ3) is 8.45. The van der Waals surface area contributed by atoms with Crippen LogP contribution in [0.2, 0.25) is 0 Å². The second-order valence-electron chi connectivity index (χ2n) is 6.76. The van der Waals surface area contributed by atoms with E-state index in [0.717, 1.165) is 17.2 Å². The van der Waals surface area contributed by atoms with Crippen molar-refractivity contribution in [3.8, 4) is 11.1 Å². The van der Waals surface area contributed by atoms with E-state index in [4.69, 9.17) is 0 Å². The van der Waals surface area contributed by atoms with Crippen molar-refractivity contribution in [3.63, 3.8) is 0 Å². The Hall–Kier alpha value is -0.930. The fourth-order valence-electron chi connectivity index (χ4n) is 3.26. The number of hydrogen-bond acceptors (Lipinski definition) is 0. The van der Waals surface area contributed by atoms with Crippen LogP contribution in [0, 0.1) is 38.5 Å². The zero-order chi connectivity index (χ0) is 20.8. The molecule has 0 fully saturated rings. The number of rotatable bonds is 1. The Morgan fingerprint density at radius 3 is 1.97 bits per heavy atom. The van der Waals surface area contributed by atoms with E-state index in [9.17, 15) is 8.78 Å². The van der Waals surface area contributed by atoms with Crippen LogP contribution in [0.25, 0.3) is 21.9 Å². The van der Waals surface area contributed by atoms with E-state index in [1.807, 2.05) is 36.4 Å². The summed E-state index contributed by atoms with van der Waals surface area (Å²) in [7, 11) is 0. The number of allylic oxidation sites excluding steroid dienone is 4. The molecule has 4 rings (SSSR count). The average Bonchev–Trinajstić information content (AvgIpc) is 3.22. The van der Waals surface area contributed by atoms with Gasteiger partial charge in [0.25, 0.3) is 0 Å². The van der Waals surface area contributed by atoms with E-state index in [1.165, 1.54) is 46.1 Å². The van der Waals surface area contributed by atoms with Crippen LogP contribution in [0.1, 0.15) is 27.7 Å². The van der Waals surface area contributed by atoms with Gasteiger partial charge in [0.2, 0.25) is 0 Å². The molecule has 0 saturated heterocycles. The van der Waals surface area contributed by atoms with E-state index in [2.05, 4.69) is 40.7 Å². The Morgan fingerprint density at radius 2 is 1.53 bits per heavy atom. The summed E-state index contributed by atoms with van der Waals surface area (Å²) in [6, 6.07) is 15.4. The van der Waals surface area contributed by atoms with Gasteiger partial charge >= 0.3 is 30.2 Å². The molecule has 0 amide bonds. The third-order valence-electron chi connectivity index (χ3n) is 5.12. The second-order valence-corrected chi connectivity index (χ2v) is 6.76. The van der Waals surface area contributed by atoms with Crippen LogP contribution >= 0.6 is 24.8 Å². The average molecular weight is 571 g/mol. The third-order valence-corrected chi connectivity index (χ3v) is 5.12. The van der Waals surface area contributed by atoms with Gasteiger partial charge in [-0.25, -0.2) is 9.96 Å². The molecule has 0 spiro atoms. The van der Waals surface area contributed by atoms with Gasteiger partial charge in [-0.05, 0) is 6.07 Å². The SMILES string of the molecule is CC1=[C-]C(C)C(C)=C1C.Cl.Cl.Fc1cc(F)c2[cH-]cc(-c3ccccc3)c2c1.[CH3-].[CH3-].[Si]=[Zr]. The molecule has 0 nitrogen and oxygen atoms in total. The maximum atomic E-state index is 13.5. The normalized spacial score (nSPS) is 13.5.